The molecule has 0 aliphatic carbocycles. The Bertz CT molecular complexity index is 504. The molecule has 3 rings (SSSR count). The van der Waals surface area contributed by atoms with Gasteiger partial charge in [-0.2, -0.15) is 5.10 Å². The molecule has 1 aromatic heterocycles. The van der Waals surface area contributed by atoms with Crippen molar-refractivity contribution in [3.05, 3.63) is 35.4 Å². The fraction of sp³-hybridized carbons (Fsp3) is 0.182. The van der Waals surface area contributed by atoms with Gasteiger partial charge in [0, 0.05) is 11.6 Å². The van der Waals surface area contributed by atoms with Crippen molar-refractivity contribution in [2.45, 2.75) is 13.2 Å². The third-order valence-electron chi connectivity index (χ3n) is 2.66. The standard InChI is InChI=1S/C11H11N3O/c12-11-4-10(13-14-11)8-3-1-2-7-5-15-6-9(7)8/h1-4H,5-6H2,(H3,12,13,14). The molecule has 4 nitrogen and oxygen atoms in total. The molecule has 4 heteroatoms. The van der Waals surface area contributed by atoms with Gasteiger partial charge in [0.1, 0.15) is 5.82 Å². The molecule has 1 aliphatic heterocycles. The van der Waals surface area contributed by atoms with E-state index in [4.69, 9.17) is 10.5 Å². The van der Waals surface area contributed by atoms with Crippen LogP contribution in [-0.4, -0.2) is 10.2 Å². The Morgan fingerprint density at radius 2 is 2.27 bits per heavy atom. The quantitative estimate of drug-likeness (QED) is 0.737. The van der Waals surface area contributed by atoms with Gasteiger partial charge in [0.05, 0.1) is 18.9 Å². The number of nitrogens with one attached hydrogen (secondary N) is 1. The zero-order valence-corrected chi connectivity index (χ0v) is 8.16. The van der Waals surface area contributed by atoms with Crippen LogP contribution >= 0.6 is 0 Å². The number of nitrogens with zero attached hydrogens (tertiary/aromatic N) is 1. The minimum Gasteiger partial charge on any atom is -0.382 e. The SMILES string of the molecule is Nc1cc(-c2cccc3c2COC3)[nH]n1. The Balaban J connectivity index is 2.16. The van der Waals surface area contributed by atoms with Crippen molar-refractivity contribution in [3.63, 3.8) is 0 Å². The second kappa shape index (κ2) is 3.10. The smallest absolute Gasteiger partial charge is 0.145 e. The van der Waals surface area contributed by atoms with Gasteiger partial charge in [-0.25, -0.2) is 0 Å². The van der Waals surface area contributed by atoms with Gasteiger partial charge in [-0.1, -0.05) is 18.2 Å². The van der Waals surface area contributed by atoms with Gasteiger partial charge in [-0.15, -0.1) is 0 Å². The average Bonchev–Trinajstić information content (AvgIpc) is 2.84. The summed E-state index contributed by atoms with van der Waals surface area (Å²) < 4.78 is 5.42. The average molecular weight is 201 g/mol. The van der Waals surface area contributed by atoms with Crippen LogP contribution in [0.1, 0.15) is 11.1 Å². The number of hydrogen-bond donors (Lipinski definition) is 2. The number of ether oxygens (including phenoxy) is 1. The second-order valence-corrected chi connectivity index (χ2v) is 3.64. The molecule has 0 atom stereocenters. The van der Waals surface area contributed by atoms with Crippen molar-refractivity contribution < 1.29 is 4.74 Å². The van der Waals surface area contributed by atoms with Crippen LogP contribution < -0.4 is 5.73 Å². The number of anilines is 1. The third kappa shape index (κ3) is 1.30. The summed E-state index contributed by atoms with van der Waals surface area (Å²) in [6.07, 6.45) is 0. The van der Waals surface area contributed by atoms with E-state index in [1.54, 1.807) is 0 Å². The van der Waals surface area contributed by atoms with E-state index in [-0.39, 0.29) is 0 Å². The summed E-state index contributed by atoms with van der Waals surface area (Å²) in [5.41, 5.74) is 10.2. The Morgan fingerprint density at radius 1 is 1.33 bits per heavy atom. The van der Waals surface area contributed by atoms with E-state index in [1.807, 2.05) is 12.1 Å². The molecular weight excluding hydrogens is 190 g/mol. The van der Waals surface area contributed by atoms with Crippen LogP contribution in [0, 0.1) is 0 Å². The molecule has 15 heavy (non-hydrogen) atoms. The number of rotatable bonds is 1. The minimum atomic E-state index is 0.515. The highest BCUT2D eigenvalue weighted by molar-refractivity contribution is 5.67. The number of nitrogen functional groups attached to an aromatic ring is 1. The molecule has 0 unspecified atom stereocenters. The summed E-state index contributed by atoms with van der Waals surface area (Å²) in [7, 11) is 0. The maximum atomic E-state index is 5.59. The van der Waals surface area contributed by atoms with Gasteiger partial charge < -0.3 is 10.5 Å². The lowest BCUT2D eigenvalue weighted by Crippen LogP contribution is -1.88. The van der Waals surface area contributed by atoms with Crippen molar-refractivity contribution >= 4 is 5.82 Å². The van der Waals surface area contributed by atoms with Crippen LogP contribution in [0.3, 0.4) is 0 Å². The van der Waals surface area contributed by atoms with E-state index < -0.39 is 0 Å². The fourth-order valence-corrected chi connectivity index (χ4v) is 1.93. The highest BCUT2D eigenvalue weighted by atomic mass is 16.5. The molecule has 0 amide bonds. The van der Waals surface area contributed by atoms with Gasteiger partial charge in [0.25, 0.3) is 0 Å². The number of benzene rings is 1. The van der Waals surface area contributed by atoms with Crippen LogP contribution in [0.4, 0.5) is 5.82 Å². The molecule has 0 bridgehead atoms. The maximum absolute atomic E-state index is 5.59. The molecule has 0 spiro atoms. The Labute approximate surface area is 87.1 Å². The van der Waals surface area contributed by atoms with Crippen LogP contribution in [0.15, 0.2) is 24.3 Å². The van der Waals surface area contributed by atoms with Crippen LogP contribution in [0.25, 0.3) is 11.3 Å². The maximum Gasteiger partial charge on any atom is 0.145 e. The molecule has 1 aromatic carbocycles. The van der Waals surface area contributed by atoms with Crippen LogP contribution in [0.2, 0.25) is 0 Å². The lowest BCUT2D eigenvalue weighted by Gasteiger charge is -2.03. The van der Waals surface area contributed by atoms with Crippen molar-refractivity contribution in [2.75, 3.05) is 5.73 Å². The number of hydrogen-bond acceptors (Lipinski definition) is 3. The van der Waals surface area contributed by atoms with Crippen molar-refractivity contribution in [2.24, 2.45) is 0 Å². The Hall–Kier alpha value is -1.81. The number of nitrogens with two attached hydrogens (primary N) is 1. The van der Waals surface area contributed by atoms with E-state index in [0.29, 0.717) is 19.0 Å². The first kappa shape index (κ1) is 8.49. The summed E-state index contributed by atoms with van der Waals surface area (Å²) in [5.74, 6) is 0.515. The lowest BCUT2D eigenvalue weighted by atomic mass is 10.0. The Morgan fingerprint density at radius 3 is 3.07 bits per heavy atom. The summed E-state index contributed by atoms with van der Waals surface area (Å²) in [4.78, 5) is 0. The van der Waals surface area contributed by atoms with Gasteiger partial charge >= 0.3 is 0 Å². The highest BCUT2D eigenvalue weighted by Crippen LogP contribution is 2.30. The first-order chi connectivity index (χ1) is 7.34. The van der Waals surface area contributed by atoms with Crippen LogP contribution in [0.5, 0.6) is 0 Å². The van der Waals surface area contributed by atoms with E-state index in [2.05, 4.69) is 22.3 Å². The van der Waals surface area contributed by atoms with E-state index in [0.717, 1.165) is 11.3 Å². The monoisotopic (exact) mass is 201 g/mol. The first-order valence-corrected chi connectivity index (χ1v) is 4.84. The van der Waals surface area contributed by atoms with E-state index in [1.165, 1.54) is 11.1 Å². The zero-order chi connectivity index (χ0) is 10.3. The zero-order valence-electron chi connectivity index (χ0n) is 8.16. The summed E-state index contributed by atoms with van der Waals surface area (Å²) >= 11 is 0. The van der Waals surface area contributed by atoms with Gasteiger partial charge in [-0.3, -0.25) is 5.10 Å². The number of H-pyrrole nitrogens is 1. The molecule has 0 fully saturated rings. The Kier molecular flexibility index (Phi) is 1.76. The highest BCUT2D eigenvalue weighted by Gasteiger charge is 2.16. The molecule has 0 saturated carbocycles. The molecule has 2 aromatic rings. The second-order valence-electron chi connectivity index (χ2n) is 3.64. The van der Waals surface area contributed by atoms with Crippen molar-refractivity contribution in [1.29, 1.82) is 0 Å². The summed E-state index contributed by atoms with van der Waals surface area (Å²) in [5, 5.41) is 6.85. The van der Waals surface area contributed by atoms with Crippen molar-refractivity contribution in [3.8, 4) is 11.3 Å². The number of aromatic amines is 1. The molecule has 76 valence electrons. The predicted molar refractivity (Wildman–Crippen MR) is 56.9 cm³/mol. The lowest BCUT2D eigenvalue weighted by molar-refractivity contribution is 0.134. The fourth-order valence-electron chi connectivity index (χ4n) is 1.93. The minimum absolute atomic E-state index is 0.515. The molecule has 3 N–H and O–H groups in total. The van der Waals surface area contributed by atoms with E-state index >= 15 is 0 Å². The van der Waals surface area contributed by atoms with E-state index in [9.17, 15) is 0 Å². The van der Waals surface area contributed by atoms with Gasteiger partial charge in [-0.05, 0) is 11.1 Å². The molecule has 0 saturated heterocycles. The third-order valence-corrected chi connectivity index (χ3v) is 2.66. The molecule has 0 radical (unpaired) electrons. The normalized spacial score (nSPS) is 14.1. The first-order valence-electron chi connectivity index (χ1n) is 4.84. The molecule has 2 heterocycles. The van der Waals surface area contributed by atoms with Gasteiger partial charge in [0.15, 0.2) is 0 Å². The topological polar surface area (TPSA) is 63.9 Å². The number of aromatic nitrogens is 2. The largest absolute Gasteiger partial charge is 0.382 e. The molecular formula is C11H11N3O. The van der Waals surface area contributed by atoms with Gasteiger partial charge in [0.2, 0.25) is 0 Å². The number of fused-ring (bicyclic) bond motifs is 1. The van der Waals surface area contributed by atoms with Crippen molar-refractivity contribution in [1.82, 2.24) is 10.2 Å². The van der Waals surface area contributed by atoms with Crippen LogP contribution in [-0.2, 0) is 18.0 Å². The summed E-state index contributed by atoms with van der Waals surface area (Å²) in [6, 6.07) is 8.01. The molecule has 1 aliphatic rings. The summed E-state index contributed by atoms with van der Waals surface area (Å²) in [6.45, 7) is 1.37. The predicted octanol–water partition coefficient (Wildman–Crippen LogP) is 1.69.